The zero-order valence-electron chi connectivity index (χ0n) is 14.2. The van der Waals surface area contributed by atoms with E-state index in [9.17, 15) is 4.79 Å². The van der Waals surface area contributed by atoms with Crippen LogP contribution in [-0.2, 0) is 9.53 Å². The largest absolute Gasteiger partial charge is 0.370 e. The third-order valence-electron chi connectivity index (χ3n) is 5.48. The number of nitrogens with one attached hydrogen (secondary N) is 5. The van der Waals surface area contributed by atoms with Crippen LogP contribution in [0.4, 0.5) is 0 Å². The topological polar surface area (TPSA) is 116 Å². The Balaban J connectivity index is 1.38. The van der Waals surface area contributed by atoms with E-state index in [1.807, 2.05) is 5.01 Å². The van der Waals surface area contributed by atoms with Gasteiger partial charge in [-0.1, -0.05) is 0 Å². The standard InChI is InChI=1S/C15H28ClN7O2/c16-8-3-20-14-12(13(17)22-23(14)7-8)15(24)21-10-6-18-2-1-11(10)25-9-4-19-5-9/h8-14,18-20,22H,1-7,17H2,(H,21,24). The van der Waals surface area contributed by atoms with Crippen molar-refractivity contribution in [2.75, 3.05) is 39.3 Å². The summed E-state index contributed by atoms with van der Waals surface area (Å²) in [5.74, 6) is -0.404. The number of piperidine rings is 1. The highest BCUT2D eigenvalue weighted by atomic mass is 35.5. The Morgan fingerprint density at radius 2 is 2.08 bits per heavy atom. The number of fused-ring (bicyclic) bond motifs is 1. The molecule has 4 fully saturated rings. The van der Waals surface area contributed by atoms with E-state index in [0.717, 1.165) is 32.6 Å². The van der Waals surface area contributed by atoms with Crippen molar-refractivity contribution in [2.45, 2.75) is 42.4 Å². The molecular formula is C15H28ClN7O2. The van der Waals surface area contributed by atoms with E-state index < -0.39 is 6.17 Å². The second-order valence-electron chi connectivity index (χ2n) is 7.35. The number of amides is 1. The van der Waals surface area contributed by atoms with Crippen molar-refractivity contribution in [3.05, 3.63) is 0 Å². The predicted molar refractivity (Wildman–Crippen MR) is 93.7 cm³/mol. The van der Waals surface area contributed by atoms with Crippen molar-refractivity contribution in [1.82, 2.24) is 31.7 Å². The molecule has 0 aromatic rings. The number of alkyl halides is 1. The monoisotopic (exact) mass is 373 g/mol. The van der Waals surface area contributed by atoms with Crippen molar-refractivity contribution in [1.29, 1.82) is 0 Å². The van der Waals surface area contributed by atoms with Gasteiger partial charge < -0.3 is 26.4 Å². The first kappa shape index (κ1) is 17.9. The average Bonchev–Trinajstić information content (AvgIpc) is 2.87. The summed E-state index contributed by atoms with van der Waals surface area (Å²) in [6, 6.07) is -0.0348. The Kier molecular flexibility index (Phi) is 5.44. The van der Waals surface area contributed by atoms with E-state index in [1.54, 1.807) is 0 Å². The molecule has 10 heteroatoms. The summed E-state index contributed by atoms with van der Waals surface area (Å²) in [5, 5.41) is 15.0. The average molecular weight is 374 g/mol. The van der Waals surface area contributed by atoms with Crippen LogP contribution in [0, 0.1) is 5.92 Å². The van der Waals surface area contributed by atoms with Crippen LogP contribution in [0.5, 0.6) is 0 Å². The molecule has 1 amide bonds. The van der Waals surface area contributed by atoms with Gasteiger partial charge in [-0.05, 0) is 13.0 Å². The van der Waals surface area contributed by atoms with Crippen molar-refractivity contribution in [3.63, 3.8) is 0 Å². The molecule has 9 nitrogen and oxygen atoms in total. The lowest BCUT2D eigenvalue weighted by atomic mass is 9.98. The summed E-state index contributed by atoms with van der Waals surface area (Å²) < 4.78 is 6.14. The molecule has 6 unspecified atom stereocenters. The Hall–Kier alpha value is -0.520. The van der Waals surface area contributed by atoms with E-state index in [-0.39, 0.29) is 41.6 Å². The first-order chi connectivity index (χ1) is 12.1. The minimum atomic E-state index is -0.425. The van der Waals surface area contributed by atoms with Crippen LogP contribution in [0.3, 0.4) is 0 Å². The zero-order chi connectivity index (χ0) is 17.4. The number of halogens is 1. The number of hydrogen-bond donors (Lipinski definition) is 6. The fraction of sp³-hybridized carbons (Fsp3) is 0.933. The van der Waals surface area contributed by atoms with Crippen LogP contribution in [-0.4, -0.2) is 86.1 Å². The number of ether oxygens (including phenoxy) is 1. The fourth-order valence-electron chi connectivity index (χ4n) is 4.00. The predicted octanol–water partition coefficient (Wildman–Crippen LogP) is -2.92. The van der Waals surface area contributed by atoms with Gasteiger partial charge >= 0.3 is 0 Å². The fourth-order valence-corrected chi connectivity index (χ4v) is 4.24. The van der Waals surface area contributed by atoms with Crippen LogP contribution >= 0.6 is 11.6 Å². The number of carbonyl (C=O) groups excluding carboxylic acids is 1. The van der Waals surface area contributed by atoms with Crippen LogP contribution < -0.4 is 32.4 Å². The van der Waals surface area contributed by atoms with Crippen molar-refractivity contribution < 1.29 is 9.53 Å². The summed E-state index contributed by atoms with van der Waals surface area (Å²) >= 11 is 6.19. The van der Waals surface area contributed by atoms with Crippen molar-refractivity contribution in [3.8, 4) is 0 Å². The molecule has 0 radical (unpaired) electrons. The van der Waals surface area contributed by atoms with Crippen molar-refractivity contribution >= 4 is 17.5 Å². The normalized spacial score (nSPS) is 42.6. The van der Waals surface area contributed by atoms with Crippen molar-refractivity contribution in [2.24, 2.45) is 11.7 Å². The number of nitrogens with zero attached hydrogens (tertiary/aromatic N) is 1. The van der Waals surface area contributed by atoms with E-state index in [4.69, 9.17) is 22.1 Å². The lowest BCUT2D eigenvalue weighted by Crippen LogP contribution is -2.62. The van der Waals surface area contributed by atoms with E-state index in [0.29, 0.717) is 13.1 Å². The highest BCUT2D eigenvalue weighted by Crippen LogP contribution is 2.23. The molecular weight excluding hydrogens is 346 g/mol. The van der Waals surface area contributed by atoms with Gasteiger partial charge in [-0.3, -0.25) is 10.1 Å². The summed E-state index contributed by atoms with van der Waals surface area (Å²) in [4.78, 5) is 12.9. The SMILES string of the molecule is NC1NN2CC(Cl)CNC2C1C(=O)NC1CNCCC1OC1CNC1. The summed E-state index contributed by atoms with van der Waals surface area (Å²) in [5.41, 5.74) is 9.35. The van der Waals surface area contributed by atoms with Crippen LogP contribution in [0.25, 0.3) is 0 Å². The van der Waals surface area contributed by atoms with Crippen LogP contribution in [0.15, 0.2) is 0 Å². The quantitative estimate of drug-likeness (QED) is 0.290. The molecule has 4 heterocycles. The molecule has 25 heavy (non-hydrogen) atoms. The Morgan fingerprint density at radius 1 is 1.24 bits per heavy atom. The lowest BCUT2D eigenvalue weighted by Gasteiger charge is -2.39. The summed E-state index contributed by atoms with van der Waals surface area (Å²) in [6.45, 7) is 4.76. The molecule has 0 bridgehead atoms. The highest BCUT2D eigenvalue weighted by Gasteiger charge is 2.47. The highest BCUT2D eigenvalue weighted by molar-refractivity contribution is 6.21. The molecule has 0 spiro atoms. The van der Waals surface area contributed by atoms with E-state index in [1.165, 1.54) is 0 Å². The molecule has 4 rings (SSSR count). The molecule has 6 atom stereocenters. The summed E-state index contributed by atoms with van der Waals surface area (Å²) in [6.07, 6.45) is 0.653. The minimum Gasteiger partial charge on any atom is -0.370 e. The van der Waals surface area contributed by atoms with Gasteiger partial charge in [0.15, 0.2) is 0 Å². The molecule has 4 aliphatic heterocycles. The first-order valence-corrected chi connectivity index (χ1v) is 9.58. The van der Waals surface area contributed by atoms with E-state index >= 15 is 0 Å². The van der Waals surface area contributed by atoms with Gasteiger partial charge in [0.2, 0.25) is 5.91 Å². The molecule has 0 aromatic carbocycles. The molecule has 0 aromatic heterocycles. The molecule has 4 saturated heterocycles. The maximum atomic E-state index is 12.9. The maximum absolute atomic E-state index is 12.9. The summed E-state index contributed by atoms with van der Waals surface area (Å²) in [7, 11) is 0. The molecule has 0 saturated carbocycles. The Bertz CT molecular complexity index is 495. The van der Waals surface area contributed by atoms with Crippen LogP contribution in [0.2, 0.25) is 0 Å². The number of nitrogens with two attached hydrogens (primary N) is 1. The Morgan fingerprint density at radius 3 is 2.84 bits per heavy atom. The van der Waals surface area contributed by atoms with E-state index in [2.05, 4.69) is 26.7 Å². The molecule has 0 aliphatic carbocycles. The number of rotatable bonds is 4. The molecule has 142 valence electrons. The first-order valence-electron chi connectivity index (χ1n) is 9.15. The van der Waals surface area contributed by atoms with Gasteiger partial charge in [0.25, 0.3) is 0 Å². The Labute approximate surface area is 152 Å². The molecule has 7 N–H and O–H groups in total. The minimum absolute atomic E-state index is 0.00849. The lowest BCUT2D eigenvalue weighted by molar-refractivity contribution is -0.130. The number of hydrazine groups is 1. The second-order valence-corrected chi connectivity index (χ2v) is 7.96. The van der Waals surface area contributed by atoms with Gasteiger partial charge in [0.1, 0.15) is 0 Å². The van der Waals surface area contributed by atoms with Crippen LogP contribution in [0.1, 0.15) is 6.42 Å². The third-order valence-corrected chi connectivity index (χ3v) is 5.77. The maximum Gasteiger partial charge on any atom is 0.229 e. The van der Waals surface area contributed by atoms with Gasteiger partial charge in [0.05, 0.1) is 41.9 Å². The number of hydrogen-bond acceptors (Lipinski definition) is 8. The molecule has 4 aliphatic rings. The van der Waals surface area contributed by atoms with Gasteiger partial charge in [-0.2, -0.15) is 0 Å². The van der Waals surface area contributed by atoms with Gasteiger partial charge in [-0.15, -0.1) is 11.6 Å². The smallest absolute Gasteiger partial charge is 0.229 e. The second kappa shape index (κ2) is 7.61. The number of carbonyl (C=O) groups is 1. The van der Waals surface area contributed by atoms with Gasteiger partial charge in [0, 0.05) is 32.7 Å². The zero-order valence-corrected chi connectivity index (χ0v) is 15.0. The third kappa shape index (κ3) is 3.79. The van der Waals surface area contributed by atoms with Gasteiger partial charge in [-0.25, -0.2) is 10.4 Å².